The van der Waals surface area contributed by atoms with E-state index in [4.69, 9.17) is 16.0 Å². The Kier molecular flexibility index (Phi) is 4.52. The summed E-state index contributed by atoms with van der Waals surface area (Å²) < 4.78 is 76.3. The molecule has 10 heteroatoms. The fourth-order valence-electron chi connectivity index (χ4n) is 2.33. The van der Waals surface area contributed by atoms with Crippen LogP contribution in [0.3, 0.4) is 0 Å². The van der Waals surface area contributed by atoms with Crippen molar-refractivity contribution in [1.82, 2.24) is 4.72 Å². The van der Waals surface area contributed by atoms with E-state index >= 15 is 0 Å². The summed E-state index contributed by atoms with van der Waals surface area (Å²) in [6.07, 6.45) is -4.79. The summed E-state index contributed by atoms with van der Waals surface area (Å²) in [5, 5.41) is 0. The van der Waals surface area contributed by atoms with Gasteiger partial charge in [0.05, 0.1) is 4.90 Å². The molecular weight excluding hydrogens is 373 g/mol. The molecule has 0 radical (unpaired) electrons. The minimum atomic E-state index is -4.79. The summed E-state index contributed by atoms with van der Waals surface area (Å²) >= 11 is 0. The molecule has 0 unspecified atom stereocenters. The lowest BCUT2D eigenvalue weighted by Crippen LogP contribution is -2.23. The van der Waals surface area contributed by atoms with E-state index in [0.717, 1.165) is 12.1 Å². The third-order valence-corrected chi connectivity index (χ3v) is 5.03. The number of fused-ring (bicyclic) bond motifs is 1. The van der Waals surface area contributed by atoms with Crippen molar-refractivity contribution in [3.63, 3.8) is 0 Å². The Balaban J connectivity index is 1.83. The van der Waals surface area contributed by atoms with Gasteiger partial charge in [-0.3, -0.25) is 0 Å². The fraction of sp³-hybridized carbons (Fsp3) is 0.188. The predicted molar refractivity (Wildman–Crippen MR) is 86.0 cm³/mol. The number of rotatable bonds is 4. The van der Waals surface area contributed by atoms with E-state index in [9.17, 15) is 21.6 Å². The number of ether oxygens (including phenoxy) is 2. The Labute approximate surface area is 147 Å². The number of hydrogen-bond donors (Lipinski definition) is 1. The lowest BCUT2D eigenvalue weighted by atomic mass is 10.2. The largest absolute Gasteiger partial charge is 0.454 e. The molecule has 6 nitrogen and oxygen atoms in total. The third-order valence-electron chi connectivity index (χ3n) is 3.63. The number of halogens is 3. The number of nitrogens with one attached hydrogen (secondary N) is 1. The molecule has 0 fully saturated rings. The maximum absolute atomic E-state index is 13.0. The van der Waals surface area contributed by atoms with E-state index < -0.39 is 32.3 Å². The van der Waals surface area contributed by atoms with Crippen LogP contribution in [-0.4, -0.2) is 15.2 Å². The van der Waals surface area contributed by atoms with Gasteiger partial charge >= 0.3 is 11.9 Å². The van der Waals surface area contributed by atoms with Gasteiger partial charge in [0.15, 0.2) is 11.5 Å². The molecule has 3 rings (SSSR count). The fourth-order valence-corrected chi connectivity index (χ4v) is 3.38. The molecule has 1 aliphatic rings. The third kappa shape index (κ3) is 3.58. The first-order chi connectivity index (χ1) is 12.2. The van der Waals surface area contributed by atoms with Gasteiger partial charge in [0.2, 0.25) is 16.8 Å². The molecule has 0 atom stereocenters. The Morgan fingerprint density at radius 2 is 1.85 bits per heavy atom. The molecule has 2 aromatic rings. The first-order valence-corrected chi connectivity index (χ1v) is 8.69. The molecule has 136 valence electrons. The number of alkyl halides is 3. The van der Waals surface area contributed by atoms with E-state index in [1.165, 1.54) is 0 Å². The molecule has 0 saturated heterocycles. The van der Waals surface area contributed by atoms with Crippen LogP contribution in [0.25, 0.3) is 4.85 Å². The maximum atomic E-state index is 13.0. The molecule has 1 heterocycles. The van der Waals surface area contributed by atoms with Gasteiger partial charge in [-0.05, 0) is 34.7 Å². The normalized spacial score (nSPS) is 13.5. The van der Waals surface area contributed by atoms with Crippen molar-refractivity contribution in [2.75, 3.05) is 6.79 Å². The van der Waals surface area contributed by atoms with Gasteiger partial charge in [-0.25, -0.2) is 13.1 Å². The van der Waals surface area contributed by atoms with Crippen LogP contribution in [0.2, 0.25) is 0 Å². The van der Waals surface area contributed by atoms with Crippen molar-refractivity contribution in [3.8, 4) is 18.1 Å². The zero-order valence-electron chi connectivity index (χ0n) is 13.1. The van der Waals surface area contributed by atoms with E-state index in [-0.39, 0.29) is 13.3 Å². The standard InChI is InChI=1S/C16H12F3N2O4S/c1-20-13-4-3-11(7-12(13)16(17,18)19)26(22,23)21-8-10-2-5-14-15(6-10)25-9-24-14/h1-7,21H,8-9H2/q+1. The predicted octanol–water partition coefficient (Wildman–Crippen LogP) is 3.51. The Bertz CT molecular complexity index is 998. The Hall–Kier alpha value is -2.77. The van der Waals surface area contributed by atoms with Crippen molar-refractivity contribution in [3.05, 3.63) is 52.4 Å². The van der Waals surface area contributed by atoms with Crippen molar-refractivity contribution in [1.29, 1.82) is 0 Å². The lowest BCUT2D eigenvalue weighted by Gasteiger charge is -2.10. The first kappa shape index (κ1) is 18.0. The monoisotopic (exact) mass is 385 g/mol. The highest BCUT2D eigenvalue weighted by molar-refractivity contribution is 7.89. The lowest BCUT2D eigenvalue weighted by molar-refractivity contribution is -0.137. The molecule has 0 spiro atoms. The highest BCUT2D eigenvalue weighted by atomic mass is 32.2. The van der Waals surface area contributed by atoms with Crippen LogP contribution in [0.1, 0.15) is 11.1 Å². The summed E-state index contributed by atoms with van der Waals surface area (Å²) in [4.78, 5) is 2.48. The molecule has 2 aromatic carbocycles. The van der Waals surface area contributed by atoms with Gasteiger partial charge in [0, 0.05) is 12.6 Å². The summed E-state index contributed by atoms with van der Waals surface area (Å²) in [6, 6.07) is 7.22. The Morgan fingerprint density at radius 3 is 2.54 bits per heavy atom. The molecule has 26 heavy (non-hydrogen) atoms. The first-order valence-electron chi connectivity index (χ1n) is 7.21. The van der Waals surface area contributed by atoms with Crippen LogP contribution in [0.5, 0.6) is 11.5 Å². The summed E-state index contributed by atoms with van der Waals surface area (Å²) in [5.41, 5.74) is -1.22. The summed E-state index contributed by atoms with van der Waals surface area (Å²) in [6.45, 7) is 4.86. The van der Waals surface area contributed by atoms with Crippen molar-refractivity contribution >= 4 is 15.7 Å². The van der Waals surface area contributed by atoms with E-state index in [2.05, 4.69) is 9.57 Å². The minimum absolute atomic E-state index is 0.0727. The molecule has 1 aliphatic heterocycles. The zero-order chi connectivity index (χ0) is 18.9. The zero-order valence-corrected chi connectivity index (χ0v) is 13.9. The van der Waals surface area contributed by atoms with Crippen LogP contribution < -0.4 is 14.2 Å². The van der Waals surface area contributed by atoms with E-state index in [0.29, 0.717) is 23.1 Å². The molecule has 0 bridgehead atoms. The molecule has 0 saturated carbocycles. The molecule has 0 aromatic heterocycles. The minimum Gasteiger partial charge on any atom is -0.454 e. The summed E-state index contributed by atoms with van der Waals surface area (Å²) in [7, 11) is -4.18. The van der Waals surface area contributed by atoms with Crippen LogP contribution in [0.4, 0.5) is 18.9 Å². The maximum Gasteiger partial charge on any atom is 0.424 e. The van der Waals surface area contributed by atoms with Crippen molar-refractivity contribution in [2.45, 2.75) is 17.6 Å². The number of nitrogens with zero attached hydrogens (tertiary/aromatic N) is 1. The van der Waals surface area contributed by atoms with Crippen LogP contribution >= 0.6 is 0 Å². The highest BCUT2D eigenvalue weighted by Crippen LogP contribution is 2.37. The van der Waals surface area contributed by atoms with Crippen LogP contribution in [-0.2, 0) is 22.7 Å². The number of sulfonamides is 1. The quantitative estimate of drug-likeness (QED) is 0.875. The van der Waals surface area contributed by atoms with Gasteiger partial charge < -0.3 is 9.47 Å². The van der Waals surface area contributed by atoms with Gasteiger partial charge in [-0.2, -0.15) is 13.2 Å². The molecular formula is C16H12F3N2O4S+. The van der Waals surface area contributed by atoms with Crippen molar-refractivity contribution < 1.29 is 31.1 Å². The van der Waals surface area contributed by atoms with Crippen molar-refractivity contribution in [2.24, 2.45) is 0 Å². The molecule has 1 N–H and O–H groups in total. The van der Waals surface area contributed by atoms with E-state index in [1.807, 2.05) is 0 Å². The smallest absolute Gasteiger partial charge is 0.424 e. The van der Waals surface area contributed by atoms with Gasteiger partial charge in [0.25, 0.3) is 6.57 Å². The van der Waals surface area contributed by atoms with Gasteiger partial charge in [-0.15, -0.1) is 0 Å². The SMILES string of the molecule is C#[N+]c1ccc(S(=O)(=O)NCc2ccc3c(c2)OCO3)cc1C(F)(F)F. The average molecular weight is 385 g/mol. The topological polar surface area (TPSA) is 69.0 Å². The van der Waals surface area contributed by atoms with Crippen LogP contribution in [0, 0.1) is 6.57 Å². The Morgan fingerprint density at radius 1 is 1.12 bits per heavy atom. The molecule has 0 aliphatic carbocycles. The summed E-state index contributed by atoms with van der Waals surface area (Å²) in [5.74, 6) is 1.00. The highest BCUT2D eigenvalue weighted by Gasteiger charge is 2.39. The van der Waals surface area contributed by atoms with Crippen LogP contribution in [0.15, 0.2) is 41.3 Å². The second-order valence-electron chi connectivity index (χ2n) is 5.32. The van der Waals surface area contributed by atoms with E-state index in [1.54, 1.807) is 18.2 Å². The number of hydrogen-bond acceptors (Lipinski definition) is 4. The van der Waals surface area contributed by atoms with Gasteiger partial charge in [-0.1, -0.05) is 6.07 Å². The second kappa shape index (κ2) is 6.51. The molecule has 0 amide bonds. The second-order valence-corrected chi connectivity index (χ2v) is 7.08. The van der Waals surface area contributed by atoms with Gasteiger partial charge in [0.1, 0.15) is 5.56 Å². The average Bonchev–Trinajstić information content (AvgIpc) is 3.06. The number of benzene rings is 2.